The van der Waals surface area contributed by atoms with Gasteiger partial charge in [0.2, 0.25) is 0 Å². The molecule has 2 atom stereocenters. The average molecular weight is 390 g/mol. The van der Waals surface area contributed by atoms with E-state index in [-0.39, 0.29) is 28.6 Å². The van der Waals surface area contributed by atoms with Crippen molar-refractivity contribution in [3.63, 3.8) is 0 Å². The van der Waals surface area contributed by atoms with Gasteiger partial charge in [-0.1, -0.05) is 6.92 Å². The maximum atomic E-state index is 14.4. The molecule has 2 heterocycles. The van der Waals surface area contributed by atoms with Crippen molar-refractivity contribution in [2.45, 2.75) is 39.3 Å². The Morgan fingerprint density at radius 1 is 1.32 bits per heavy atom. The van der Waals surface area contributed by atoms with Gasteiger partial charge in [0.25, 0.3) is 0 Å². The highest BCUT2D eigenvalue weighted by Gasteiger charge is 2.20. The van der Waals surface area contributed by atoms with Crippen molar-refractivity contribution in [1.82, 2.24) is 15.3 Å². The Kier molecular flexibility index (Phi) is 6.65. The Hall–Kier alpha value is -3.48. The van der Waals surface area contributed by atoms with Crippen molar-refractivity contribution < 1.29 is 18.7 Å². The molecule has 2 aromatic rings. The van der Waals surface area contributed by atoms with Crippen molar-refractivity contribution in [2.75, 3.05) is 10.6 Å². The molecular formula is C18H20F2N6O2. The molecule has 2 rings (SSSR count). The molecule has 4 N–H and O–H groups in total. The molecule has 28 heavy (non-hydrogen) atoms. The second-order valence-corrected chi connectivity index (χ2v) is 6.14. The molecule has 0 bridgehead atoms. The van der Waals surface area contributed by atoms with Crippen LogP contribution in [0.2, 0.25) is 0 Å². The average Bonchev–Trinajstić information content (AvgIpc) is 2.64. The zero-order chi connectivity index (χ0) is 20.8. The minimum atomic E-state index is -1.19. The summed E-state index contributed by atoms with van der Waals surface area (Å²) in [5.41, 5.74) is 0.384. The van der Waals surface area contributed by atoms with Crippen LogP contribution < -0.4 is 16.0 Å². The lowest BCUT2D eigenvalue weighted by Gasteiger charge is -2.24. The highest BCUT2D eigenvalue weighted by Crippen LogP contribution is 2.24. The van der Waals surface area contributed by atoms with Crippen LogP contribution in [0.3, 0.4) is 0 Å². The Balaban J connectivity index is 2.31. The molecule has 0 aliphatic carbocycles. The number of nitrogens with zero attached hydrogens (tertiary/aromatic N) is 3. The van der Waals surface area contributed by atoms with Crippen molar-refractivity contribution in [3.8, 4) is 6.07 Å². The first-order valence-electron chi connectivity index (χ1n) is 8.51. The maximum Gasteiger partial charge on any atom is 0.404 e. The predicted molar refractivity (Wildman–Crippen MR) is 99.4 cm³/mol. The summed E-state index contributed by atoms with van der Waals surface area (Å²) in [4.78, 5) is 18.8. The van der Waals surface area contributed by atoms with E-state index in [0.717, 1.165) is 6.07 Å². The third-order valence-electron chi connectivity index (χ3n) is 4.10. The highest BCUT2D eigenvalue weighted by molar-refractivity contribution is 5.66. The van der Waals surface area contributed by atoms with Gasteiger partial charge in [-0.2, -0.15) is 5.26 Å². The number of rotatable bonds is 7. The van der Waals surface area contributed by atoms with Crippen LogP contribution in [-0.2, 0) is 0 Å². The number of aryl methyl sites for hydroxylation is 1. The van der Waals surface area contributed by atoms with Crippen LogP contribution in [-0.4, -0.2) is 33.3 Å². The van der Waals surface area contributed by atoms with Gasteiger partial charge in [0, 0.05) is 12.1 Å². The van der Waals surface area contributed by atoms with E-state index in [4.69, 9.17) is 5.11 Å². The molecule has 0 spiro atoms. The Morgan fingerprint density at radius 2 is 2.04 bits per heavy atom. The number of hydrogen-bond acceptors (Lipinski definition) is 6. The molecule has 0 aromatic carbocycles. The third-order valence-corrected chi connectivity index (χ3v) is 4.10. The molecule has 0 radical (unpaired) electrons. The van der Waals surface area contributed by atoms with E-state index >= 15 is 0 Å². The normalized spacial score (nSPS) is 12.6. The van der Waals surface area contributed by atoms with E-state index in [0.29, 0.717) is 6.42 Å². The highest BCUT2D eigenvalue weighted by atomic mass is 19.1. The number of amides is 1. The van der Waals surface area contributed by atoms with Gasteiger partial charge in [-0.15, -0.1) is 0 Å². The fourth-order valence-corrected chi connectivity index (χ4v) is 2.54. The largest absolute Gasteiger partial charge is 0.465 e. The summed E-state index contributed by atoms with van der Waals surface area (Å²) in [6.45, 7) is 4.97. The maximum absolute atomic E-state index is 14.4. The van der Waals surface area contributed by atoms with E-state index < -0.39 is 29.8 Å². The van der Waals surface area contributed by atoms with Crippen LogP contribution in [0.1, 0.15) is 31.5 Å². The van der Waals surface area contributed by atoms with Gasteiger partial charge < -0.3 is 21.1 Å². The summed E-state index contributed by atoms with van der Waals surface area (Å²) in [7, 11) is 0. The van der Waals surface area contributed by atoms with E-state index in [1.165, 1.54) is 19.2 Å². The monoisotopic (exact) mass is 390 g/mol. The van der Waals surface area contributed by atoms with E-state index in [1.807, 2.05) is 6.07 Å². The summed E-state index contributed by atoms with van der Waals surface area (Å²) in [6.07, 6.45) is 0.646. The SMILES string of the molecule is CC[C@H](NC(=O)O)[C@@H](C)Nc1nc(Nc2cnc(C)c(F)c2)c(C#N)cc1F. The minimum Gasteiger partial charge on any atom is -0.465 e. The molecule has 0 aliphatic heterocycles. The number of nitriles is 1. The molecule has 0 aliphatic rings. The standard InChI is InChI=1S/C18H20F2N6O2/c1-4-15(25-18(27)28)10(3)23-17-14(20)5-11(7-21)16(26-17)24-12-6-13(19)9(2)22-8-12/h5-6,8,10,15,25H,4H2,1-3H3,(H,27,28)(H2,23,24,26)/t10-,15+/m1/s1. The summed E-state index contributed by atoms with van der Waals surface area (Å²) in [6, 6.07) is 3.04. The van der Waals surface area contributed by atoms with Crippen molar-refractivity contribution in [2.24, 2.45) is 0 Å². The number of nitrogens with one attached hydrogen (secondary N) is 3. The number of halogens is 2. The summed E-state index contributed by atoms with van der Waals surface area (Å²) >= 11 is 0. The molecule has 0 unspecified atom stereocenters. The van der Waals surface area contributed by atoms with Crippen LogP contribution in [0.4, 0.5) is 30.9 Å². The van der Waals surface area contributed by atoms with Crippen LogP contribution in [0, 0.1) is 29.9 Å². The van der Waals surface area contributed by atoms with E-state index in [1.54, 1.807) is 13.8 Å². The molecule has 0 saturated heterocycles. The first kappa shape index (κ1) is 20.8. The van der Waals surface area contributed by atoms with E-state index in [9.17, 15) is 18.8 Å². The van der Waals surface area contributed by atoms with Crippen LogP contribution in [0.5, 0.6) is 0 Å². The lowest BCUT2D eigenvalue weighted by molar-refractivity contribution is 0.188. The number of hydrogen-bond donors (Lipinski definition) is 4. The van der Waals surface area contributed by atoms with Crippen molar-refractivity contribution >= 4 is 23.4 Å². The number of anilines is 3. The Labute approximate surface area is 160 Å². The number of carbonyl (C=O) groups is 1. The molecule has 8 nitrogen and oxygen atoms in total. The number of pyridine rings is 2. The van der Waals surface area contributed by atoms with Crippen LogP contribution in [0.15, 0.2) is 18.3 Å². The fourth-order valence-electron chi connectivity index (χ4n) is 2.54. The van der Waals surface area contributed by atoms with Gasteiger partial charge in [-0.05, 0) is 26.3 Å². The zero-order valence-electron chi connectivity index (χ0n) is 15.5. The van der Waals surface area contributed by atoms with E-state index in [2.05, 4.69) is 25.9 Å². The Bertz CT molecular complexity index is 916. The summed E-state index contributed by atoms with van der Waals surface area (Å²) in [5.74, 6) is -1.46. The third kappa shape index (κ3) is 5.03. The van der Waals surface area contributed by atoms with Crippen LogP contribution >= 0.6 is 0 Å². The van der Waals surface area contributed by atoms with Crippen molar-refractivity contribution in [1.29, 1.82) is 5.26 Å². The quantitative estimate of drug-likeness (QED) is 0.570. The lowest BCUT2D eigenvalue weighted by Crippen LogP contribution is -2.44. The summed E-state index contributed by atoms with van der Waals surface area (Å²) in [5, 5.41) is 26.0. The topological polar surface area (TPSA) is 123 Å². The van der Waals surface area contributed by atoms with Crippen LogP contribution in [0.25, 0.3) is 0 Å². The summed E-state index contributed by atoms with van der Waals surface area (Å²) < 4.78 is 28.0. The molecule has 10 heteroatoms. The van der Waals surface area contributed by atoms with Gasteiger partial charge in [-0.25, -0.2) is 18.6 Å². The van der Waals surface area contributed by atoms with Gasteiger partial charge in [-0.3, -0.25) is 4.98 Å². The zero-order valence-corrected chi connectivity index (χ0v) is 15.5. The minimum absolute atomic E-state index is 0.0166. The van der Waals surface area contributed by atoms with Gasteiger partial charge in [0.15, 0.2) is 17.5 Å². The number of carboxylic acid groups (broad SMARTS) is 1. The molecule has 0 saturated carbocycles. The second-order valence-electron chi connectivity index (χ2n) is 6.14. The molecule has 148 valence electrons. The second kappa shape index (κ2) is 8.94. The molecule has 1 amide bonds. The molecule has 0 fully saturated rings. The predicted octanol–water partition coefficient (Wildman–Crippen LogP) is 3.53. The fraction of sp³-hybridized carbons (Fsp3) is 0.333. The smallest absolute Gasteiger partial charge is 0.404 e. The van der Waals surface area contributed by atoms with Gasteiger partial charge in [0.1, 0.15) is 11.9 Å². The first-order chi connectivity index (χ1) is 13.2. The van der Waals surface area contributed by atoms with Gasteiger partial charge >= 0.3 is 6.09 Å². The Morgan fingerprint density at radius 3 is 2.61 bits per heavy atom. The molecule has 2 aromatic heterocycles. The molecular weight excluding hydrogens is 370 g/mol. The van der Waals surface area contributed by atoms with Gasteiger partial charge in [0.05, 0.1) is 29.2 Å². The van der Waals surface area contributed by atoms with Crippen molar-refractivity contribution in [3.05, 3.63) is 41.2 Å². The first-order valence-corrected chi connectivity index (χ1v) is 8.51. The number of aromatic nitrogens is 2. The lowest BCUT2D eigenvalue weighted by atomic mass is 10.1.